The number of carbonyl (C=O) groups excluding carboxylic acids is 1. The lowest BCUT2D eigenvalue weighted by Gasteiger charge is -2.14. The summed E-state index contributed by atoms with van der Waals surface area (Å²) < 4.78 is 22.0. The van der Waals surface area contributed by atoms with Crippen molar-refractivity contribution in [2.45, 2.75) is 33.3 Å². The minimum Gasteiger partial charge on any atom is -0.487 e. The molecule has 150 valence electrons. The van der Waals surface area contributed by atoms with Crippen LogP contribution in [0.1, 0.15) is 33.1 Å². The standard InChI is InChI=1S/C21H22FN5O2/c1-11-7-18(27(4)26-11)21(28)24-10-14-8-16-17(22)6-5-15(20(16)29-14)19-13(3)23-9-12(2)25-19/h5-7,9,14H,8,10H2,1-4H3,(H,24,28)/t14-/m1/s1. The van der Waals surface area contributed by atoms with Crippen LogP contribution >= 0.6 is 0 Å². The van der Waals surface area contributed by atoms with Crippen molar-refractivity contribution in [3.8, 4) is 17.0 Å². The van der Waals surface area contributed by atoms with Crippen molar-refractivity contribution in [3.63, 3.8) is 0 Å². The third kappa shape index (κ3) is 3.57. The lowest BCUT2D eigenvalue weighted by Crippen LogP contribution is -2.35. The lowest BCUT2D eigenvalue weighted by molar-refractivity contribution is 0.0924. The monoisotopic (exact) mass is 395 g/mol. The zero-order valence-electron chi connectivity index (χ0n) is 16.8. The minimum atomic E-state index is -0.364. The summed E-state index contributed by atoms with van der Waals surface area (Å²) >= 11 is 0. The first-order valence-electron chi connectivity index (χ1n) is 9.41. The number of rotatable bonds is 4. The Hall–Kier alpha value is -3.29. The van der Waals surface area contributed by atoms with Crippen molar-refractivity contribution in [1.29, 1.82) is 0 Å². The number of aryl methyl sites for hydroxylation is 4. The molecule has 1 amide bonds. The first-order chi connectivity index (χ1) is 13.8. The van der Waals surface area contributed by atoms with E-state index in [-0.39, 0.29) is 24.4 Å². The average molecular weight is 395 g/mol. The van der Waals surface area contributed by atoms with Gasteiger partial charge in [-0.3, -0.25) is 14.5 Å². The molecule has 7 nitrogen and oxygen atoms in total. The van der Waals surface area contributed by atoms with Crippen LogP contribution in [0.2, 0.25) is 0 Å². The third-order valence-electron chi connectivity index (χ3n) is 4.98. The van der Waals surface area contributed by atoms with Gasteiger partial charge in [-0.15, -0.1) is 0 Å². The van der Waals surface area contributed by atoms with Crippen LogP contribution in [0.4, 0.5) is 4.39 Å². The van der Waals surface area contributed by atoms with Gasteiger partial charge in [0.1, 0.15) is 23.4 Å². The highest BCUT2D eigenvalue weighted by Gasteiger charge is 2.30. The van der Waals surface area contributed by atoms with Crippen molar-refractivity contribution in [1.82, 2.24) is 25.1 Å². The largest absolute Gasteiger partial charge is 0.487 e. The fourth-order valence-electron chi connectivity index (χ4n) is 3.58. The molecule has 1 aliphatic rings. The Labute approximate surface area is 167 Å². The second-order valence-corrected chi connectivity index (χ2v) is 7.30. The molecule has 0 bridgehead atoms. The molecule has 4 rings (SSSR count). The van der Waals surface area contributed by atoms with Crippen molar-refractivity contribution >= 4 is 5.91 Å². The summed E-state index contributed by atoms with van der Waals surface area (Å²) in [7, 11) is 1.72. The Morgan fingerprint density at radius 2 is 2.10 bits per heavy atom. The van der Waals surface area contributed by atoms with Crippen molar-refractivity contribution in [2.24, 2.45) is 7.05 Å². The highest BCUT2D eigenvalue weighted by molar-refractivity contribution is 5.92. The zero-order chi connectivity index (χ0) is 20.7. The molecule has 0 spiro atoms. The number of halogens is 1. The summed E-state index contributed by atoms with van der Waals surface area (Å²) in [6.45, 7) is 5.81. The summed E-state index contributed by atoms with van der Waals surface area (Å²) in [5.74, 6) is -0.0875. The summed E-state index contributed by atoms with van der Waals surface area (Å²) in [5, 5.41) is 7.03. The highest BCUT2D eigenvalue weighted by Crippen LogP contribution is 2.40. The molecule has 1 atom stereocenters. The molecule has 29 heavy (non-hydrogen) atoms. The van der Waals surface area contributed by atoms with E-state index in [0.29, 0.717) is 34.7 Å². The van der Waals surface area contributed by atoms with Crippen LogP contribution in [0.25, 0.3) is 11.3 Å². The second-order valence-electron chi connectivity index (χ2n) is 7.30. The number of hydrogen-bond donors (Lipinski definition) is 1. The molecule has 0 fully saturated rings. The number of benzene rings is 1. The molecule has 1 N–H and O–H groups in total. The molecule has 1 aliphatic heterocycles. The molecule has 8 heteroatoms. The molecule has 3 aromatic rings. The fraction of sp³-hybridized carbons (Fsp3) is 0.333. The SMILES string of the molecule is Cc1cnc(C)c(-c2ccc(F)c3c2O[C@@H](CNC(=O)c2cc(C)nn2C)C3)n1. The van der Waals surface area contributed by atoms with Gasteiger partial charge in [0.25, 0.3) is 5.91 Å². The molecule has 1 aromatic carbocycles. The molecule has 0 radical (unpaired) electrons. The van der Waals surface area contributed by atoms with E-state index in [2.05, 4.69) is 20.4 Å². The van der Waals surface area contributed by atoms with Crippen LogP contribution in [-0.2, 0) is 13.5 Å². The van der Waals surface area contributed by atoms with Gasteiger partial charge in [-0.2, -0.15) is 5.10 Å². The van der Waals surface area contributed by atoms with Gasteiger partial charge in [0.2, 0.25) is 0 Å². The number of aromatic nitrogens is 4. The van der Waals surface area contributed by atoms with E-state index < -0.39 is 0 Å². The molecule has 0 unspecified atom stereocenters. The number of ether oxygens (including phenoxy) is 1. The number of amides is 1. The van der Waals surface area contributed by atoms with Gasteiger partial charge in [-0.25, -0.2) is 9.37 Å². The highest BCUT2D eigenvalue weighted by atomic mass is 19.1. The number of nitrogens with zero attached hydrogens (tertiary/aromatic N) is 4. The molecule has 0 saturated carbocycles. The predicted molar refractivity (Wildman–Crippen MR) is 105 cm³/mol. The van der Waals surface area contributed by atoms with E-state index in [1.165, 1.54) is 10.7 Å². The van der Waals surface area contributed by atoms with Crippen LogP contribution in [0, 0.1) is 26.6 Å². The minimum absolute atomic E-state index is 0.242. The number of fused-ring (bicyclic) bond motifs is 1. The number of nitrogens with one attached hydrogen (secondary N) is 1. The lowest BCUT2D eigenvalue weighted by atomic mass is 10.0. The first kappa shape index (κ1) is 19.0. The normalized spacial score (nSPS) is 15.1. The fourth-order valence-corrected chi connectivity index (χ4v) is 3.58. The van der Waals surface area contributed by atoms with Crippen LogP contribution in [-0.4, -0.2) is 38.3 Å². The Morgan fingerprint density at radius 3 is 2.83 bits per heavy atom. The predicted octanol–water partition coefficient (Wildman–Crippen LogP) is 2.67. The van der Waals surface area contributed by atoms with E-state index in [4.69, 9.17) is 4.74 Å². The quantitative estimate of drug-likeness (QED) is 0.735. The van der Waals surface area contributed by atoms with Crippen LogP contribution in [0.3, 0.4) is 0 Å². The second kappa shape index (κ2) is 7.27. The smallest absolute Gasteiger partial charge is 0.269 e. The Bertz CT molecular complexity index is 1110. The van der Waals surface area contributed by atoms with Crippen molar-refractivity contribution < 1.29 is 13.9 Å². The zero-order valence-corrected chi connectivity index (χ0v) is 16.8. The van der Waals surface area contributed by atoms with Crippen LogP contribution in [0.15, 0.2) is 24.4 Å². The molecule has 0 saturated heterocycles. The summed E-state index contributed by atoms with van der Waals surface area (Å²) in [5.41, 5.74) is 4.65. The van der Waals surface area contributed by atoms with E-state index in [1.807, 2.05) is 20.8 Å². The Kier molecular flexibility index (Phi) is 4.77. The van der Waals surface area contributed by atoms with Crippen molar-refractivity contribution in [3.05, 3.63) is 58.6 Å². The van der Waals surface area contributed by atoms with E-state index in [0.717, 1.165) is 17.1 Å². The van der Waals surface area contributed by atoms with Crippen LogP contribution in [0.5, 0.6) is 5.75 Å². The molecule has 2 aromatic heterocycles. The van der Waals surface area contributed by atoms with Crippen LogP contribution < -0.4 is 10.1 Å². The topological polar surface area (TPSA) is 81.9 Å². The number of carbonyl (C=O) groups is 1. The maximum absolute atomic E-state index is 14.4. The summed E-state index contributed by atoms with van der Waals surface area (Å²) in [4.78, 5) is 21.3. The molecule has 0 aliphatic carbocycles. The van der Waals surface area contributed by atoms with Gasteiger partial charge in [-0.05, 0) is 39.0 Å². The molecule has 3 heterocycles. The Morgan fingerprint density at radius 1 is 1.31 bits per heavy atom. The number of hydrogen-bond acceptors (Lipinski definition) is 5. The van der Waals surface area contributed by atoms with Gasteiger partial charge in [0, 0.05) is 30.8 Å². The van der Waals surface area contributed by atoms with Gasteiger partial charge in [0.05, 0.1) is 29.3 Å². The average Bonchev–Trinajstić information content (AvgIpc) is 3.26. The van der Waals surface area contributed by atoms with Crippen molar-refractivity contribution in [2.75, 3.05) is 6.54 Å². The first-order valence-corrected chi connectivity index (χ1v) is 9.41. The van der Waals surface area contributed by atoms with E-state index in [9.17, 15) is 9.18 Å². The van der Waals surface area contributed by atoms with E-state index in [1.54, 1.807) is 25.4 Å². The van der Waals surface area contributed by atoms with Gasteiger partial charge >= 0.3 is 0 Å². The summed E-state index contributed by atoms with van der Waals surface area (Å²) in [6, 6.07) is 4.82. The van der Waals surface area contributed by atoms with Gasteiger partial charge in [0.15, 0.2) is 0 Å². The third-order valence-corrected chi connectivity index (χ3v) is 4.98. The van der Waals surface area contributed by atoms with E-state index >= 15 is 0 Å². The molecular weight excluding hydrogens is 373 g/mol. The summed E-state index contributed by atoms with van der Waals surface area (Å²) in [6.07, 6.45) is 1.71. The maximum Gasteiger partial charge on any atom is 0.269 e. The maximum atomic E-state index is 14.4. The Balaban J connectivity index is 1.55. The van der Waals surface area contributed by atoms with Gasteiger partial charge < -0.3 is 10.1 Å². The molecular formula is C21H22FN5O2. The van der Waals surface area contributed by atoms with Gasteiger partial charge in [-0.1, -0.05) is 0 Å².